The van der Waals surface area contributed by atoms with E-state index in [1.807, 2.05) is 0 Å². The van der Waals surface area contributed by atoms with Gasteiger partial charge in [-0.2, -0.15) is 5.26 Å². The Hall–Kier alpha value is -2.62. The molecule has 7 heteroatoms. The van der Waals surface area contributed by atoms with Gasteiger partial charge in [-0.25, -0.2) is 0 Å². The van der Waals surface area contributed by atoms with Crippen LogP contribution in [0.15, 0.2) is 18.2 Å². The lowest BCUT2D eigenvalue weighted by Crippen LogP contribution is -2.20. The zero-order chi connectivity index (χ0) is 13.5. The highest BCUT2D eigenvalue weighted by Gasteiger charge is 2.13. The Morgan fingerprint density at radius 3 is 2.83 bits per heavy atom. The van der Waals surface area contributed by atoms with E-state index in [9.17, 15) is 14.9 Å². The predicted octanol–water partition coefficient (Wildman–Crippen LogP) is 1.01. The van der Waals surface area contributed by atoms with E-state index in [0.717, 1.165) is 0 Å². The van der Waals surface area contributed by atoms with Crippen LogP contribution < -0.4 is 10.6 Å². The quantitative estimate of drug-likeness (QED) is 0.597. The number of nitro groups is 1. The fraction of sp³-hybridized carbons (Fsp3) is 0.273. The molecule has 0 aliphatic heterocycles. The van der Waals surface area contributed by atoms with E-state index in [0.29, 0.717) is 12.2 Å². The number of nitrogens with one attached hydrogen (secondary N) is 2. The van der Waals surface area contributed by atoms with Crippen molar-refractivity contribution in [1.29, 1.82) is 5.26 Å². The van der Waals surface area contributed by atoms with E-state index in [1.165, 1.54) is 19.2 Å². The number of anilines is 1. The maximum absolute atomic E-state index is 11.0. The smallest absolute Gasteiger partial charge is 0.289 e. The molecule has 0 unspecified atom stereocenters. The minimum absolute atomic E-state index is 0.0110. The van der Waals surface area contributed by atoms with E-state index in [4.69, 9.17) is 5.26 Å². The standard InChI is InChI=1S/C11H12N4O3/c1-13-11(16)4-5-14-9-3-2-8(7-12)10(6-9)15(17)18/h2-3,6,14H,4-5H2,1H3,(H,13,16). The number of hydrogen-bond acceptors (Lipinski definition) is 5. The highest BCUT2D eigenvalue weighted by atomic mass is 16.6. The second kappa shape index (κ2) is 6.20. The third kappa shape index (κ3) is 3.45. The fourth-order valence-electron chi connectivity index (χ4n) is 1.33. The van der Waals surface area contributed by atoms with E-state index in [-0.39, 0.29) is 23.6 Å². The normalized spacial score (nSPS) is 9.33. The van der Waals surface area contributed by atoms with E-state index < -0.39 is 4.92 Å². The number of nitrogens with zero attached hydrogens (tertiary/aromatic N) is 2. The monoisotopic (exact) mass is 248 g/mol. The minimum Gasteiger partial charge on any atom is -0.384 e. The van der Waals surface area contributed by atoms with Gasteiger partial charge in [0.2, 0.25) is 5.91 Å². The molecule has 18 heavy (non-hydrogen) atoms. The minimum atomic E-state index is -0.609. The van der Waals surface area contributed by atoms with Crippen molar-refractivity contribution in [2.75, 3.05) is 18.9 Å². The Morgan fingerprint density at radius 1 is 1.56 bits per heavy atom. The molecule has 7 nitrogen and oxygen atoms in total. The van der Waals surface area contributed by atoms with Crippen LogP contribution in [0.25, 0.3) is 0 Å². The summed E-state index contributed by atoms with van der Waals surface area (Å²) in [5.41, 5.74) is 0.267. The Labute approximate surface area is 104 Å². The van der Waals surface area contributed by atoms with Crippen LogP contribution in [0, 0.1) is 21.4 Å². The van der Waals surface area contributed by atoms with Crippen molar-refractivity contribution in [1.82, 2.24) is 5.32 Å². The molecule has 0 radical (unpaired) electrons. The molecular formula is C11H12N4O3. The molecule has 0 spiro atoms. The molecule has 0 aliphatic rings. The second-order valence-electron chi connectivity index (χ2n) is 3.45. The van der Waals surface area contributed by atoms with Gasteiger partial charge < -0.3 is 10.6 Å². The van der Waals surface area contributed by atoms with Gasteiger partial charge >= 0.3 is 0 Å². The van der Waals surface area contributed by atoms with E-state index in [2.05, 4.69) is 10.6 Å². The summed E-state index contributed by atoms with van der Waals surface area (Å²) in [6, 6.07) is 5.97. The first-order chi connectivity index (χ1) is 8.58. The van der Waals surface area contributed by atoms with Crippen molar-refractivity contribution in [3.63, 3.8) is 0 Å². The maximum atomic E-state index is 11.0. The number of benzene rings is 1. The molecule has 0 saturated carbocycles. The number of nitro benzene ring substituents is 1. The third-order valence-electron chi connectivity index (χ3n) is 2.27. The first kappa shape index (κ1) is 13.4. The van der Waals surface area contributed by atoms with Gasteiger partial charge in [0.1, 0.15) is 11.6 Å². The topological polar surface area (TPSA) is 108 Å². The third-order valence-corrected chi connectivity index (χ3v) is 2.27. The van der Waals surface area contributed by atoms with Crippen molar-refractivity contribution in [3.05, 3.63) is 33.9 Å². The highest BCUT2D eigenvalue weighted by Crippen LogP contribution is 2.22. The average Bonchev–Trinajstić information content (AvgIpc) is 2.38. The number of hydrogen-bond donors (Lipinski definition) is 2. The van der Waals surface area contributed by atoms with Crippen molar-refractivity contribution in [3.8, 4) is 6.07 Å². The van der Waals surface area contributed by atoms with Crippen LogP contribution in [-0.4, -0.2) is 24.4 Å². The summed E-state index contributed by atoms with van der Waals surface area (Å²) in [7, 11) is 1.54. The summed E-state index contributed by atoms with van der Waals surface area (Å²) in [6.07, 6.45) is 0.268. The molecule has 94 valence electrons. The number of carbonyl (C=O) groups is 1. The van der Waals surface area contributed by atoms with E-state index >= 15 is 0 Å². The first-order valence-corrected chi connectivity index (χ1v) is 5.21. The molecule has 0 saturated heterocycles. The molecule has 0 heterocycles. The van der Waals surface area contributed by atoms with Gasteiger partial charge in [-0.1, -0.05) is 0 Å². The summed E-state index contributed by atoms with van der Waals surface area (Å²) in [4.78, 5) is 21.1. The number of carbonyl (C=O) groups excluding carboxylic acids is 1. The fourth-order valence-corrected chi connectivity index (χ4v) is 1.33. The lowest BCUT2D eigenvalue weighted by molar-refractivity contribution is -0.385. The van der Waals surface area contributed by atoms with Gasteiger partial charge in [0, 0.05) is 31.8 Å². The van der Waals surface area contributed by atoms with Gasteiger partial charge in [-0.15, -0.1) is 0 Å². The molecule has 1 aromatic rings. The molecule has 0 aromatic heterocycles. The van der Waals surface area contributed by atoms with Crippen LogP contribution >= 0.6 is 0 Å². The van der Waals surface area contributed by atoms with Gasteiger partial charge in [0.05, 0.1) is 4.92 Å². The number of amides is 1. The zero-order valence-electron chi connectivity index (χ0n) is 9.77. The molecule has 0 atom stereocenters. The van der Waals surface area contributed by atoms with Crippen LogP contribution in [0.3, 0.4) is 0 Å². The molecule has 0 aliphatic carbocycles. The van der Waals surface area contributed by atoms with Crippen LogP contribution in [0.4, 0.5) is 11.4 Å². The molecule has 1 amide bonds. The van der Waals surface area contributed by atoms with Crippen LogP contribution in [0.5, 0.6) is 0 Å². The van der Waals surface area contributed by atoms with Crippen molar-refractivity contribution < 1.29 is 9.72 Å². The summed E-state index contributed by atoms with van der Waals surface area (Å²) in [5, 5.41) is 24.8. The summed E-state index contributed by atoms with van der Waals surface area (Å²) in [6.45, 7) is 0.364. The molecule has 1 aromatic carbocycles. The van der Waals surface area contributed by atoms with Crippen molar-refractivity contribution in [2.24, 2.45) is 0 Å². The van der Waals surface area contributed by atoms with Crippen molar-refractivity contribution in [2.45, 2.75) is 6.42 Å². The number of nitriles is 1. The van der Waals surface area contributed by atoms with Crippen molar-refractivity contribution >= 4 is 17.3 Å². The van der Waals surface area contributed by atoms with Gasteiger partial charge in [-0.3, -0.25) is 14.9 Å². The van der Waals surface area contributed by atoms with Crippen LogP contribution in [-0.2, 0) is 4.79 Å². The molecular weight excluding hydrogens is 236 g/mol. The predicted molar refractivity (Wildman–Crippen MR) is 65.0 cm³/mol. The summed E-state index contributed by atoms with van der Waals surface area (Å²) >= 11 is 0. The average molecular weight is 248 g/mol. The Bertz CT molecular complexity index is 508. The molecule has 0 fully saturated rings. The zero-order valence-corrected chi connectivity index (χ0v) is 9.77. The highest BCUT2D eigenvalue weighted by molar-refractivity contribution is 5.76. The second-order valence-corrected chi connectivity index (χ2v) is 3.45. The molecule has 1 rings (SSSR count). The van der Waals surface area contributed by atoms with E-state index in [1.54, 1.807) is 12.1 Å². The Morgan fingerprint density at radius 2 is 2.28 bits per heavy atom. The lowest BCUT2D eigenvalue weighted by atomic mass is 10.2. The largest absolute Gasteiger partial charge is 0.384 e. The maximum Gasteiger partial charge on any atom is 0.289 e. The Kier molecular flexibility index (Phi) is 4.63. The lowest BCUT2D eigenvalue weighted by Gasteiger charge is -2.06. The number of rotatable bonds is 5. The van der Waals surface area contributed by atoms with Gasteiger partial charge in [0.25, 0.3) is 5.69 Å². The Balaban J connectivity index is 2.74. The summed E-state index contributed by atoms with van der Waals surface area (Å²) in [5.74, 6) is -0.120. The first-order valence-electron chi connectivity index (χ1n) is 5.21. The molecule has 2 N–H and O–H groups in total. The van der Waals surface area contributed by atoms with Crippen LogP contribution in [0.2, 0.25) is 0 Å². The summed E-state index contributed by atoms with van der Waals surface area (Å²) < 4.78 is 0. The van der Waals surface area contributed by atoms with Gasteiger partial charge in [0.15, 0.2) is 0 Å². The molecule has 0 bridgehead atoms. The SMILES string of the molecule is CNC(=O)CCNc1ccc(C#N)c([N+](=O)[O-])c1. The van der Waals surface area contributed by atoms with Gasteiger partial charge in [-0.05, 0) is 12.1 Å². The van der Waals surface area contributed by atoms with Crippen LogP contribution in [0.1, 0.15) is 12.0 Å².